The Kier molecular flexibility index (Phi) is 6.70. The molecule has 0 aromatic heterocycles. The molecule has 1 unspecified atom stereocenters. The number of hydrogen-bond acceptors (Lipinski definition) is 5. The summed E-state index contributed by atoms with van der Waals surface area (Å²) in [5.74, 6) is -1.43. The number of amides is 2. The topological polar surface area (TPSA) is 108 Å². The molecule has 0 aromatic rings. The van der Waals surface area contributed by atoms with E-state index in [0.29, 0.717) is 0 Å². The summed E-state index contributed by atoms with van der Waals surface area (Å²) < 4.78 is 9.48. The first-order chi connectivity index (χ1) is 8.77. The van der Waals surface area contributed by atoms with Gasteiger partial charge in [0.1, 0.15) is 6.26 Å². The predicted octanol–water partition coefficient (Wildman–Crippen LogP) is 0.722. The Hall–Kier alpha value is -2.53. The van der Waals surface area contributed by atoms with Crippen molar-refractivity contribution in [1.82, 2.24) is 5.32 Å². The van der Waals surface area contributed by atoms with Gasteiger partial charge in [0.05, 0.1) is 11.1 Å². The molecule has 0 aliphatic heterocycles. The van der Waals surface area contributed by atoms with Crippen LogP contribution in [0.3, 0.4) is 0 Å². The first-order valence-corrected chi connectivity index (χ1v) is 5.29. The number of carbonyl (C=O) groups excluding carboxylic acids is 3. The highest BCUT2D eigenvalue weighted by Gasteiger charge is 2.13. The quantitative estimate of drug-likeness (QED) is 0.251. The molecule has 0 aliphatic rings. The molecule has 0 radical (unpaired) electrons. The fraction of sp³-hybridized carbons (Fsp3) is 0.333. The van der Waals surface area contributed by atoms with Crippen molar-refractivity contribution in [2.24, 2.45) is 5.73 Å². The Bertz CT molecular complexity index is 461. The maximum atomic E-state index is 11.5. The predicted molar refractivity (Wildman–Crippen MR) is 66.4 cm³/mol. The van der Waals surface area contributed by atoms with Gasteiger partial charge in [-0.15, -0.1) is 5.73 Å². The van der Waals surface area contributed by atoms with Gasteiger partial charge < -0.3 is 20.5 Å². The van der Waals surface area contributed by atoms with E-state index < -0.39 is 24.2 Å². The average Bonchev–Trinajstić information content (AvgIpc) is 2.32. The van der Waals surface area contributed by atoms with Gasteiger partial charge in [-0.1, -0.05) is 6.58 Å². The highest BCUT2D eigenvalue weighted by molar-refractivity contribution is 5.90. The van der Waals surface area contributed by atoms with Crippen molar-refractivity contribution in [1.29, 1.82) is 0 Å². The number of rotatable bonds is 5. The minimum absolute atomic E-state index is 0.0448. The summed E-state index contributed by atoms with van der Waals surface area (Å²) in [6.07, 6.45) is 0.0570. The molecule has 0 spiro atoms. The molecule has 7 nitrogen and oxygen atoms in total. The van der Waals surface area contributed by atoms with Crippen molar-refractivity contribution in [2.75, 3.05) is 0 Å². The van der Waals surface area contributed by atoms with Crippen LogP contribution in [0, 0.1) is 0 Å². The number of carbonyl (C=O) groups is 3. The monoisotopic (exact) mass is 268 g/mol. The largest absolute Gasteiger partial charge is 0.439 e. The summed E-state index contributed by atoms with van der Waals surface area (Å²) in [5.41, 5.74) is 7.43. The van der Waals surface area contributed by atoms with Crippen LogP contribution in [0.4, 0.5) is 4.79 Å². The second-order valence-electron chi connectivity index (χ2n) is 3.56. The van der Waals surface area contributed by atoms with Crippen LogP contribution in [-0.2, 0) is 19.1 Å². The molecule has 0 aliphatic carbocycles. The van der Waals surface area contributed by atoms with Crippen LogP contribution in [-0.4, -0.2) is 24.2 Å². The van der Waals surface area contributed by atoms with Gasteiger partial charge in [0.25, 0.3) is 0 Å². The minimum atomic E-state index is -0.890. The Morgan fingerprint density at radius 3 is 2.37 bits per heavy atom. The molecule has 19 heavy (non-hydrogen) atoms. The van der Waals surface area contributed by atoms with Gasteiger partial charge in [0.2, 0.25) is 0 Å². The van der Waals surface area contributed by atoms with Crippen LogP contribution in [0.5, 0.6) is 0 Å². The van der Waals surface area contributed by atoms with Gasteiger partial charge in [0, 0.05) is 0 Å². The van der Waals surface area contributed by atoms with E-state index in [9.17, 15) is 14.4 Å². The number of esters is 2. The van der Waals surface area contributed by atoms with Crippen LogP contribution in [0.25, 0.3) is 0 Å². The lowest BCUT2D eigenvalue weighted by Gasteiger charge is -2.13. The van der Waals surface area contributed by atoms with E-state index in [1.54, 1.807) is 0 Å². The van der Waals surface area contributed by atoms with E-state index in [0.717, 1.165) is 6.26 Å². The molecule has 2 amide bonds. The Morgan fingerprint density at radius 1 is 1.32 bits per heavy atom. The third kappa shape index (κ3) is 6.70. The number of nitrogens with two attached hydrogens (primary N) is 1. The van der Waals surface area contributed by atoms with Crippen molar-refractivity contribution < 1.29 is 23.9 Å². The molecule has 104 valence electrons. The van der Waals surface area contributed by atoms with Crippen LogP contribution in [0.15, 0.2) is 29.7 Å². The molecule has 7 heteroatoms. The SMILES string of the molecule is C=C=C(C)C(=O)O/C=C(\C)C(=O)OC(C)NC(N)=O. The summed E-state index contributed by atoms with van der Waals surface area (Å²) in [7, 11) is 0. The molecular formula is C12H16N2O5. The van der Waals surface area contributed by atoms with Crippen molar-refractivity contribution in [3.63, 3.8) is 0 Å². The van der Waals surface area contributed by atoms with E-state index >= 15 is 0 Å². The standard InChI is InChI=1S/C12H16N2O5/c1-5-7(2)10(15)18-6-8(3)11(16)19-9(4)14-12(13)17/h6,9H,1H2,2-4H3,(H3,13,14,17)/b8-6+. The number of nitrogens with one attached hydrogen (secondary N) is 1. The van der Waals surface area contributed by atoms with Crippen molar-refractivity contribution >= 4 is 18.0 Å². The summed E-state index contributed by atoms with van der Waals surface area (Å²) in [6, 6.07) is -0.819. The molecule has 0 fully saturated rings. The van der Waals surface area contributed by atoms with Crippen LogP contribution in [0.1, 0.15) is 20.8 Å². The van der Waals surface area contributed by atoms with Gasteiger partial charge in [-0.3, -0.25) is 0 Å². The fourth-order valence-electron chi connectivity index (χ4n) is 0.834. The average molecular weight is 268 g/mol. The molecule has 0 saturated carbocycles. The van der Waals surface area contributed by atoms with E-state index in [1.165, 1.54) is 20.8 Å². The lowest BCUT2D eigenvalue weighted by molar-refractivity contribution is -0.144. The van der Waals surface area contributed by atoms with Crippen molar-refractivity contribution in [2.45, 2.75) is 27.0 Å². The van der Waals surface area contributed by atoms with Crippen LogP contribution < -0.4 is 11.1 Å². The van der Waals surface area contributed by atoms with Gasteiger partial charge >= 0.3 is 18.0 Å². The Balaban J connectivity index is 4.44. The molecule has 0 bridgehead atoms. The van der Waals surface area contributed by atoms with Gasteiger partial charge in [-0.05, 0) is 20.8 Å². The Labute approximate surface area is 110 Å². The lowest BCUT2D eigenvalue weighted by Crippen LogP contribution is -2.39. The van der Waals surface area contributed by atoms with Gasteiger partial charge in [-0.2, -0.15) is 0 Å². The molecule has 3 N–H and O–H groups in total. The molecule has 0 rings (SSSR count). The summed E-state index contributed by atoms with van der Waals surface area (Å²) in [6.45, 7) is 7.56. The van der Waals surface area contributed by atoms with Crippen molar-refractivity contribution in [3.05, 3.63) is 29.7 Å². The zero-order valence-electron chi connectivity index (χ0n) is 11.0. The van der Waals surface area contributed by atoms with Gasteiger partial charge in [-0.25, -0.2) is 14.4 Å². The second-order valence-corrected chi connectivity index (χ2v) is 3.56. The molecule has 0 heterocycles. The Morgan fingerprint density at radius 2 is 1.89 bits per heavy atom. The molecular weight excluding hydrogens is 252 g/mol. The maximum Gasteiger partial charge on any atom is 0.346 e. The van der Waals surface area contributed by atoms with Crippen LogP contribution >= 0.6 is 0 Å². The van der Waals surface area contributed by atoms with Crippen molar-refractivity contribution in [3.8, 4) is 0 Å². The second kappa shape index (κ2) is 7.73. The summed E-state index contributed by atoms with van der Waals surface area (Å²) in [5, 5.41) is 2.16. The molecule has 1 atom stereocenters. The number of hydrogen-bond donors (Lipinski definition) is 2. The maximum absolute atomic E-state index is 11.5. The fourth-order valence-corrected chi connectivity index (χ4v) is 0.834. The highest BCUT2D eigenvalue weighted by Crippen LogP contribution is 2.02. The first-order valence-electron chi connectivity index (χ1n) is 5.29. The first kappa shape index (κ1) is 16.5. The zero-order valence-corrected chi connectivity index (χ0v) is 11.0. The molecule has 0 saturated heterocycles. The summed E-state index contributed by atoms with van der Waals surface area (Å²) >= 11 is 0. The highest BCUT2D eigenvalue weighted by atomic mass is 16.6. The van der Waals surface area contributed by atoms with E-state index in [-0.39, 0.29) is 11.1 Å². The third-order valence-corrected chi connectivity index (χ3v) is 1.87. The number of primary amides is 1. The summed E-state index contributed by atoms with van der Waals surface area (Å²) in [4.78, 5) is 33.2. The number of urea groups is 1. The third-order valence-electron chi connectivity index (χ3n) is 1.87. The minimum Gasteiger partial charge on any atom is -0.439 e. The van der Waals surface area contributed by atoms with Crippen LogP contribution in [0.2, 0.25) is 0 Å². The lowest BCUT2D eigenvalue weighted by atomic mass is 10.3. The van der Waals surface area contributed by atoms with E-state index in [1.807, 2.05) is 0 Å². The van der Waals surface area contributed by atoms with Gasteiger partial charge in [0.15, 0.2) is 6.23 Å². The normalized spacial score (nSPS) is 11.8. The van der Waals surface area contributed by atoms with E-state index in [4.69, 9.17) is 10.5 Å². The molecule has 0 aromatic carbocycles. The van der Waals surface area contributed by atoms with E-state index in [2.05, 4.69) is 22.4 Å². The smallest absolute Gasteiger partial charge is 0.346 e. The zero-order chi connectivity index (χ0) is 15.0. The number of ether oxygens (including phenoxy) is 2.